The minimum absolute atomic E-state index is 0.405. The fourth-order valence-corrected chi connectivity index (χ4v) is 2.15. The molecule has 0 fully saturated rings. The van der Waals surface area contributed by atoms with E-state index in [0.29, 0.717) is 6.42 Å². The number of rotatable bonds is 5. The van der Waals surface area contributed by atoms with Crippen molar-refractivity contribution in [1.82, 2.24) is 0 Å². The molecule has 0 heterocycles. The maximum absolute atomic E-state index is 11.8. The van der Waals surface area contributed by atoms with Gasteiger partial charge < -0.3 is 9.92 Å². The highest BCUT2D eigenvalue weighted by molar-refractivity contribution is 7.95. The van der Waals surface area contributed by atoms with E-state index in [1.54, 1.807) is 0 Å². The first kappa shape index (κ1) is 13.6. The van der Waals surface area contributed by atoms with Gasteiger partial charge in [-0.05, 0) is 24.1 Å². The van der Waals surface area contributed by atoms with E-state index >= 15 is 0 Å². The smallest absolute Gasteiger partial charge is 0.335 e. The maximum atomic E-state index is 11.8. The highest BCUT2D eigenvalue weighted by Crippen LogP contribution is 2.19. The van der Waals surface area contributed by atoms with E-state index in [0.717, 1.165) is 22.5 Å². The first-order valence-electron chi connectivity index (χ1n) is 5.98. The molecule has 0 aliphatic heterocycles. The average molecular weight is 273 g/mol. The summed E-state index contributed by atoms with van der Waals surface area (Å²) in [7, 11) is 0. The molecule has 1 atom stereocenters. The van der Waals surface area contributed by atoms with E-state index < -0.39 is 12.0 Å². The zero-order valence-corrected chi connectivity index (χ0v) is 11.2. The fraction of sp³-hybridized carbons (Fsp3) is 0.133. The third-order valence-electron chi connectivity index (χ3n) is 2.56. The van der Waals surface area contributed by atoms with E-state index in [1.807, 2.05) is 60.7 Å². The minimum Gasteiger partial charge on any atom is -0.385 e. The predicted molar refractivity (Wildman–Crippen MR) is 76.5 cm³/mol. The van der Waals surface area contributed by atoms with Crippen LogP contribution in [0.4, 0.5) is 0 Å². The van der Waals surface area contributed by atoms with E-state index in [-0.39, 0.29) is 0 Å². The zero-order valence-electron chi connectivity index (χ0n) is 10.4. The Labute approximate surface area is 117 Å². The molecule has 0 radical (unpaired) electrons. The van der Waals surface area contributed by atoms with Gasteiger partial charge in [-0.15, -0.1) is 0 Å². The lowest BCUT2D eigenvalue weighted by Gasteiger charge is -2.10. The topological polar surface area (TPSA) is 52.3 Å². The molecular weight excluding hydrogens is 258 g/mol. The van der Waals surface area contributed by atoms with Crippen LogP contribution in [0.1, 0.15) is 5.56 Å². The highest BCUT2D eigenvalue weighted by Gasteiger charge is 2.16. The molecular formula is C15H15NO2S. The lowest BCUT2D eigenvalue weighted by Crippen LogP contribution is -2.33. The van der Waals surface area contributed by atoms with Crippen molar-refractivity contribution in [2.75, 3.05) is 0 Å². The van der Waals surface area contributed by atoms with E-state index in [4.69, 9.17) is 9.92 Å². The molecule has 98 valence electrons. The quantitative estimate of drug-likeness (QED) is 0.851. The summed E-state index contributed by atoms with van der Waals surface area (Å²) in [4.78, 5) is 12.6. The van der Waals surface area contributed by atoms with Gasteiger partial charge in [0.05, 0.1) is 12.0 Å². The van der Waals surface area contributed by atoms with Gasteiger partial charge in [0.1, 0.15) is 6.04 Å². The van der Waals surface area contributed by atoms with Crippen LogP contribution in [-0.4, -0.2) is 12.0 Å². The summed E-state index contributed by atoms with van der Waals surface area (Å²) in [6, 6.07) is 18.5. The van der Waals surface area contributed by atoms with Crippen LogP contribution in [0.2, 0.25) is 0 Å². The third kappa shape index (κ3) is 4.43. The average Bonchev–Trinajstić information content (AvgIpc) is 2.47. The van der Waals surface area contributed by atoms with Crippen molar-refractivity contribution in [1.29, 1.82) is 0 Å². The van der Waals surface area contributed by atoms with Crippen LogP contribution in [0.15, 0.2) is 65.6 Å². The van der Waals surface area contributed by atoms with Crippen molar-refractivity contribution < 1.29 is 8.98 Å². The standard InChI is InChI=1S/C15H15NO2S/c16-14(11-12-7-3-1-4-8-12)15(17)18-19-13-9-5-2-6-10-13/h1-10,14H,11,16H2/t14-/m0/s1. The van der Waals surface area contributed by atoms with E-state index in [9.17, 15) is 4.79 Å². The van der Waals surface area contributed by atoms with Gasteiger partial charge in [-0.1, -0.05) is 48.5 Å². The van der Waals surface area contributed by atoms with Crippen LogP contribution < -0.4 is 5.73 Å². The molecule has 3 nitrogen and oxygen atoms in total. The molecule has 19 heavy (non-hydrogen) atoms. The lowest BCUT2D eigenvalue weighted by atomic mass is 10.1. The Morgan fingerprint density at radius 2 is 1.63 bits per heavy atom. The SMILES string of the molecule is N[C@@H](Cc1ccccc1)C(=O)OSc1ccccc1. The van der Waals surface area contributed by atoms with Crippen molar-refractivity contribution in [2.45, 2.75) is 17.4 Å². The Hall–Kier alpha value is -1.78. The normalized spacial score (nSPS) is 11.8. The van der Waals surface area contributed by atoms with E-state index in [2.05, 4.69) is 0 Å². The summed E-state index contributed by atoms with van der Waals surface area (Å²) in [5.74, 6) is -0.405. The molecule has 0 aliphatic rings. The number of hydrogen-bond acceptors (Lipinski definition) is 4. The molecule has 0 unspecified atom stereocenters. The molecule has 0 saturated heterocycles. The van der Waals surface area contributed by atoms with Crippen molar-refractivity contribution in [3.05, 3.63) is 66.2 Å². The molecule has 2 aromatic carbocycles. The second-order valence-corrected chi connectivity index (χ2v) is 4.90. The first-order chi connectivity index (χ1) is 9.25. The summed E-state index contributed by atoms with van der Waals surface area (Å²) >= 11 is 1.04. The van der Waals surface area contributed by atoms with Gasteiger partial charge in [-0.25, -0.2) is 4.79 Å². The fourth-order valence-electron chi connectivity index (χ4n) is 1.58. The number of carbonyl (C=O) groups excluding carboxylic acids is 1. The van der Waals surface area contributed by atoms with Gasteiger partial charge in [-0.3, -0.25) is 0 Å². The second-order valence-electron chi connectivity index (χ2n) is 4.09. The summed E-state index contributed by atoms with van der Waals surface area (Å²) in [5, 5.41) is 0. The Balaban J connectivity index is 1.83. The van der Waals surface area contributed by atoms with Gasteiger partial charge >= 0.3 is 5.97 Å². The van der Waals surface area contributed by atoms with Crippen LogP contribution in [0, 0.1) is 0 Å². The summed E-state index contributed by atoms with van der Waals surface area (Å²) in [6.45, 7) is 0. The lowest BCUT2D eigenvalue weighted by molar-refractivity contribution is -0.134. The van der Waals surface area contributed by atoms with E-state index in [1.165, 1.54) is 0 Å². The van der Waals surface area contributed by atoms with Gasteiger partial charge in [0, 0.05) is 4.90 Å². The number of hydrogen-bond donors (Lipinski definition) is 1. The number of benzene rings is 2. The second kappa shape index (κ2) is 6.97. The van der Waals surface area contributed by atoms with Crippen LogP contribution in [0.5, 0.6) is 0 Å². The van der Waals surface area contributed by atoms with Crippen molar-refractivity contribution in [2.24, 2.45) is 5.73 Å². The van der Waals surface area contributed by atoms with Gasteiger partial charge in [0.25, 0.3) is 0 Å². The largest absolute Gasteiger partial charge is 0.385 e. The van der Waals surface area contributed by atoms with Crippen molar-refractivity contribution in [3.8, 4) is 0 Å². The van der Waals surface area contributed by atoms with Gasteiger partial charge in [0.15, 0.2) is 0 Å². The van der Waals surface area contributed by atoms with Gasteiger partial charge in [0.2, 0.25) is 0 Å². The summed E-state index contributed by atoms with van der Waals surface area (Å²) in [5.41, 5.74) is 6.85. The Bertz CT molecular complexity index is 516. The zero-order chi connectivity index (χ0) is 13.5. The molecule has 0 aliphatic carbocycles. The van der Waals surface area contributed by atoms with Crippen LogP contribution in [-0.2, 0) is 15.4 Å². The number of carbonyl (C=O) groups is 1. The number of nitrogens with two attached hydrogens (primary N) is 1. The Morgan fingerprint density at radius 3 is 2.26 bits per heavy atom. The molecule has 2 aromatic rings. The minimum atomic E-state index is -0.640. The molecule has 2 N–H and O–H groups in total. The molecule has 4 heteroatoms. The molecule has 0 spiro atoms. The van der Waals surface area contributed by atoms with Crippen LogP contribution in [0.3, 0.4) is 0 Å². The van der Waals surface area contributed by atoms with Gasteiger partial charge in [-0.2, -0.15) is 0 Å². The first-order valence-corrected chi connectivity index (χ1v) is 6.73. The Morgan fingerprint density at radius 1 is 1.05 bits per heavy atom. The third-order valence-corrected chi connectivity index (χ3v) is 3.28. The molecule has 0 amide bonds. The maximum Gasteiger partial charge on any atom is 0.335 e. The van der Waals surface area contributed by atoms with Crippen molar-refractivity contribution >= 4 is 18.0 Å². The monoisotopic (exact) mass is 273 g/mol. The molecule has 0 saturated carbocycles. The molecule has 0 bridgehead atoms. The Kier molecular flexibility index (Phi) is 5.01. The summed E-state index contributed by atoms with van der Waals surface area (Å²) in [6.07, 6.45) is 0.481. The molecule has 2 rings (SSSR count). The predicted octanol–water partition coefficient (Wildman–Crippen LogP) is 2.81. The van der Waals surface area contributed by atoms with Crippen LogP contribution >= 0.6 is 12.0 Å². The highest BCUT2D eigenvalue weighted by atomic mass is 32.2. The van der Waals surface area contributed by atoms with Crippen molar-refractivity contribution in [3.63, 3.8) is 0 Å². The molecule has 0 aromatic heterocycles. The summed E-state index contributed by atoms with van der Waals surface area (Å²) < 4.78 is 5.11. The van der Waals surface area contributed by atoms with Crippen LogP contribution in [0.25, 0.3) is 0 Å².